The maximum atomic E-state index is 12.4. The normalized spacial score (nSPS) is 11.7. The van der Waals surface area contributed by atoms with Crippen molar-refractivity contribution in [2.24, 2.45) is 0 Å². The van der Waals surface area contributed by atoms with E-state index in [0.29, 0.717) is 10.9 Å². The molecule has 0 atom stereocenters. The van der Waals surface area contributed by atoms with Crippen LogP contribution >= 0.6 is 0 Å². The Balaban J connectivity index is 2.45. The number of fused-ring (bicyclic) bond motifs is 1. The zero-order valence-electron chi connectivity index (χ0n) is 9.03. The van der Waals surface area contributed by atoms with Gasteiger partial charge in [0.25, 0.3) is 0 Å². The highest BCUT2D eigenvalue weighted by Crippen LogP contribution is 2.29. The van der Waals surface area contributed by atoms with Crippen molar-refractivity contribution in [3.05, 3.63) is 41.6 Å². The minimum absolute atomic E-state index is 0.170. The number of hydrogen-bond acceptors (Lipinski definition) is 2. The van der Waals surface area contributed by atoms with Crippen molar-refractivity contribution in [2.75, 3.05) is 0 Å². The van der Waals surface area contributed by atoms with Crippen LogP contribution in [-0.4, -0.2) is 16.1 Å². The fourth-order valence-electron chi connectivity index (χ4n) is 1.62. The minimum atomic E-state index is -4.48. The Bertz CT molecular complexity index is 608. The zero-order valence-corrected chi connectivity index (χ0v) is 9.03. The molecule has 0 bridgehead atoms. The smallest absolute Gasteiger partial charge is 0.433 e. The van der Waals surface area contributed by atoms with E-state index in [9.17, 15) is 18.0 Å². The number of carbonyl (C=O) groups is 1. The summed E-state index contributed by atoms with van der Waals surface area (Å²) in [5, 5.41) is 9.11. The lowest BCUT2D eigenvalue weighted by molar-refractivity contribution is -0.141. The van der Waals surface area contributed by atoms with Crippen LogP contribution in [0, 0.1) is 0 Å². The molecule has 18 heavy (non-hydrogen) atoms. The Labute approximate surface area is 99.9 Å². The molecule has 0 spiro atoms. The van der Waals surface area contributed by atoms with Crippen LogP contribution in [0.4, 0.5) is 13.2 Å². The molecule has 0 fully saturated rings. The number of aromatic nitrogens is 1. The number of alkyl halides is 3. The topological polar surface area (TPSA) is 50.2 Å². The maximum Gasteiger partial charge on any atom is 0.433 e. The van der Waals surface area contributed by atoms with Gasteiger partial charge in [-0.2, -0.15) is 13.2 Å². The predicted octanol–water partition coefficient (Wildman–Crippen LogP) is 2.88. The van der Waals surface area contributed by atoms with Crippen molar-refractivity contribution in [1.29, 1.82) is 0 Å². The van der Waals surface area contributed by atoms with Crippen molar-refractivity contribution < 1.29 is 23.1 Å². The SMILES string of the molecule is O=C(O)Cc1ccc2nc(C(F)(F)F)ccc2c1. The molecule has 1 heterocycles. The van der Waals surface area contributed by atoms with Gasteiger partial charge in [-0.3, -0.25) is 4.79 Å². The van der Waals surface area contributed by atoms with Gasteiger partial charge in [-0.25, -0.2) is 4.98 Å². The second kappa shape index (κ2) is 4.29. The van der Waals surface area contributed by atoms with E-state index in [1.54, 1.807) is 0 Å². The molecule has 2 aromatic rings. The molecule has 94 valence electrons. The van der Waals surface area contributed by atoms with Crippen LogP contribution in [0.25, 0.3) is 10.9 Å². The monoisotopic (exact) mass is 255 g/mol. The molecular formula is C12H8F3NO2. The molecule has 0 saturated carbocycles. The summed E-state index contributed by atoms with van der Waals surface area (Å²) < 4.78 is 37.3. The van der Waals surface area contributed by atoms with Crippen LogP contribution in [0.5, 0.6) is 0 Å². The second-order valence-electron chi connectivity index (χ2n) is 3.79. The van der Waals surface area contributed by atoms with Gasteiger partial charge in [-0.15, -0.1) is 0 Å². The van der Waals surface area contributed by atoms with Gasteiger partial charge in [0.05, 0.1) is 11.9 Å². The maximum absolute atomic E-state index is 12.4. The van der Waals surface area contributed by atoms with Crippen LogP contribution < -0.4 is 0 Å². The number of nitrogens with zero attached hydrogens (tertiary/aromatic N) is 1. The number of aliphatic carboxylic acids is 1. The molecule has 0 saturated heterocycles. The van der Waals surface area contributed by atoms with E-state index in [-0.39, 0.29) is 11.9 Å². The van der Waals surface area contributed by atoms with Crippen molar-refractivity contribution in [3.8, 4) is 0 Å². The summed E-state index contributed by atoms with van der Waals surface area (Å²) in [6.45, 7) is 0. The Kier molecular flexibility index (Phi) is 2.94. The molecule has 0 aliphatic heterocycles. The predicted molar refractivity (Wildman–Crippen MR) is 58.1 cm³/mol. The molecule has 0 amide bonds. The van der Waals surface area contributed by atoms with E-state index in [1.165, 1.54) is 24.3 Å². The second-order valence-corrected chi connectivity index (χ2v) is 3.79. The lowest BCUT2D eigenvalue weighted by Gasteiger charge is -2.07. The Hall–Kier alpha value is -2.11. The highest BCUT2D eigenvalue weighted by Gasteiger charge is 2.32. The minimum Gasteiger partial charge on any atom is -0.481 e. The fraction of sp³-hybridized carbons (Fsp3) is 0.167. The molecule has 1 N–H and O–H groups in total. The highest BCUT2D eigenvalue weighted by atomic mass is 19.4. The first-order valence-electron chi connectivity index (χ1n) is 5.05. The first-order chi connectivity index (χ1) is 8.36. The van der Waals surface area contributed by atoms with Gasteiger partial charge in [0.15, 0.2) is 0 Å². The van der Waals surface area contributed by atoms with E-state index in [0.717, 1.165) is 6.07 Å². The van der Waals surface area contributed by atoms with Gasteiger partial charge in [0.2, 0.25) is 0 Å². The molecule has 1 aromatic heterocycles. The first kappa shape index (κ1) is 12.3. The van der Waals surface area contributed by atoms with Gasteiger partial charge in [-0.05, 0) is 23.8 Å². The summed E-state index contributed by atoms with van der Waals surface area (Å²) in [6.07, 6.45) is -4.65. The number of carboxylic acid groups (broad SMARTS) is 1. The van der Waals surface area contributed by atoms with Crippen LogP contribution in [0.3, 0.4) is 0 Å². The van der Waals surface area contributed by atoms with Gasteiger partial charge in [-0.1, -0.05) is 12.1 Å². The average molecular weight is 255 g/mol. The van der Waals surface area contributed by atoms with Crippen LogP contribution in [-0.2, 0) is 17.4 Å². The Morgan fingerprint density at radius 2 is 1.94 bits per heavy atom. The van der Waals surface area contributed by atoms with Crippen LogP contribution in [0.15, 0.2) is 30.3 Å². The molecule has 0 aliphatic rings. The molecule has 0 radical (unpaired) electrons. The number of halogens is 3. The highest BCUT2D eigenvalue weighted by molar-refractivity contribution is 5.81. The average Bonchev–Trinajstić information content (AvgIpc) is 2.26. The zero-order chi connectivity index (χ0) is 13.3. The molecule has 1 aromatic carbocycles. The van der Waals surface area contributed by atoms with Gasteiger partial charge >= 0.3 is 12.1 Å². The number of benzene rings is 1. The molecule has 2 rings (SSSR count). The largest absolute Gasteiger partial charge is 0.481 e. The summed E-state index contributed by atoms with van der Waals surface area (Å²) in [6, 6.07) is 6.55. The van der Waals surface area contributed by atoms with Crippen LogP contribution in [0.1, 0.15) is 11.3 Å². The summed E-state index contributed by atoms with van der Waals surface area (Å²) in [5.74, 6) is -0.991. The Morgan fingerprint density at radius 3 is 2.56 bits per heavy atom. The third kappa shape index (κ3) is 2.58. The Morgan fingerprint density at radius 1 is 1.22 bits per heavy atom. The first-order valence-corrected chi connectivity index (χ1v) is 5.05. The molecule has 0 unspecified atom stereocenters. The molecule has 0 aliphatic carbocycles. The van der Waals surface area contributed by atoms with Crippen molar-refractivity contribution >= 4 is 16.9 Å². The number of hydrogen-bond donors (Lipinski definition) is 1. The van der Waals surface area contributed by atoms with Gasteiger partial charge < -0.3 is 5.11 Å². The lowest BCUT2D eigenvalue weighted by Crippen LogP contribution is -2.07. The molecule has 6 heteroatoms. The number of pyridine rings is 1. The standard InChI is InChI=1S/C12H8F3NO2/c13-12(14,15)10-4-2-8-5-7(6-11(17)18)1-3-9(8)16-10/h1-5H,6H2,(H,17,18). The fourth-order valence-corrected chi connectivity index (χ4v) is 1.62. The molecular weight excluding hydrogens is 247 g/mol. The quantitative estimate of drug-likeness (QED) is 0.897. The summed E-state index contributed by atoms with van der Waals surface area (Å²) in [5.41, 5.74) is -0.239. The summed E-state index contributed by atoms with van der Waals surface area (Å²) in [4.78, 5) is 14.0. The van der Waals surface area contributed by atoms with E-state index < -0.39 is 17.8 Å². The lowest BCUT2D eigenvalue weighted by atomic mass is 10.1. The van der Waals surface area contributed by atoms with E-state index in [4.69, 9.17) is 5.11 Å². The van der Waals surface area contributed by atoms with Crippen molar-refractivity contribution in [2.45, 2.75) is 12.6 Å². The van der Waals surface area contributed by atoms with Gasteiger partial charge in [0.1, 0.15) is 5.69 Å². The number of carboxylic acids is 1. The van der Waals surface area contributed by atoms with Gasteiger partial charge in [0, 0.05) is 5.39 Å². The van der Waals surface area contributed by atoms with Crippen molar-refractivity contribution in [3.63, 3.8) is 0 Å². The van der Waals surface area contributed by atoms with E-state index >= 15 is 0 Å². The van der Waals surface area contributed by atoms with Crippen molar-refractivity contribution in [1.82, 2.24) is 4.98 Å². The summed E-state index contributed by atoms with van der Waals surface area (Å²) in [7, 11) is 0. The van der Waals surface area contributed by atoms with E-state index in [1.807, 2.05) is 0 Å². The van der Waals surface area contributed by atoms with Crippen LogP contribution in [0.2, 0.25) is 0 Å². The third-order valence-corrected chi connectivity index (χ3v) is 2.40. The summed E-state index contributed by atoms with van der Waals surface area (Å²) >= 11 is 0. The molecule has 3 nitrogen and oxygen atoms in total. The third-order valence-electron chi connectivity index (χ3n) is 2.40. The number of rotatable bonds is 2. The van der Waals surface area contributed by atoms with E-state index in [2.05, 4.69) is 4.98 Å².